The highest BCUT2D eigenvalue weighted by molar-refractivity contribution is 4.71. The lowest BCUT2D eigenvalue weighted by atomic mass is 10.1. The van der Waals surface area contributed by atoms with Gasteiger partial charge in [0.05, 0.1) is 6.61 Å². The lowest BCUT2D eigenvalue weighted by Crippen LogP contribution is -2.46. The molecule has 1 fully saturated rings. The number of nitrogens with zero attached hydrogens (tertiary/aromatic N) is 1. The molecule has 1 unspecified atom stereocenters. The van der Waals surface area contributed by atoms with Crippen LogP contribution in [-0.2, 0) is 4.74 Å². The van der Waals surface area contributed by atoms with E-state index >= 15 is 0 Å². The first-order valence-electron chi connectivity index (χ1n) is 4.43. The van der Waals surface area contributed by atoms with Crippen molar-refractivity contribution in [3.63, 3.8) is 0 Å². The third-order valence-electron chi connectivity index (χ3n) is 2.19. The van der Waals surface area contributed by atoms with E-state index in [4.69, 9.17) is 10.6 Å². The highest BCUT2D eigenvalue weighted by Crippen LogP contribution is 2.13. The summed E-state index contributed by atoms with van der Waals surface area (Å²) in [7, 11) is 0. The topological polar surface area (TPSA) is 38.5 Å². The summed E-state index contributed by atoms with van der Waals surface area (Å²) in [6, 6.07) is 0.462. The highest BCUT2D eigenvalue weighted by Gasteiger charge is 2.18. The van der Waals surface area contributed by atoms with Crippen molar-refractivity contribution in [2.24, 2.45) is 5.84 Å². The van der Waals surface area contributed by atoms with Crippen LogP contribution in [0.5, 0.6) is 0 Å². The van der Waals surface area contributed by atoms with Crippen LogP contribution >= 0.6 is 0 Å². The van der Waals surface area contributed by atoms with Gasteiger partial charge in [-0.1, -0.05) is 6.42 Å². The number of rotatable bonds is 3. The Bertz CT molecular complexity index is 108. The molecule has 1 aliphatic heterocycles. The van der Waals surface area contributed by atoms with Crippen LogP contribution in [-0.4, -0.2) is 30.8 Å². The quantitative estimate of drug-likeness (QED) is 0.616. The largest absolute Gasteiger partial charge is 0.380 e. The predicted molar refractivity (Wildman–Crippen MR) is 45.0 cm³/mol. The maximum absolute atomic E-state index is 5.77. The number of piperidine rings is 1. The minimum Gasteiger partial charge on any atom is -0.380 e. The molecular formula is C8H18N2O. The summed E-state index contributed by atoms with van der Waals surface area (Å²) in [6.07, 6.45) is 3.72. The monoisotopic (exact) mass is 158 g/mol. The second-order valence-corrected chi connectivity index (χ2v) is 3.05. The van der Waals surface area contributed by atoms with Crippen molar-refractivity contribution in [1.29, 1.82) is 0 Å². The van der Waals surface area contributed by atoms with Crippen LogP contribution in [0, 0.1) is 0 Å². The molecule has 0 amide bonds. The van der Waals surface area contributed by atoms with E-state index in [1.807, 2.05) is 11.9 Å². The van der Waals surface area contributed by atoms with Crippen molar-refractivity contribution >= 4 is 0 Å². The van der Waals surface area contributed by atoms with Crippen molar-refractivity contribution in [3.8, 4) is 0 Å². The van der Waals surface area contributed by atoms with E-state index in [0.717, 1.165) is 19.8 Å². The Morgan fingerprint density at radius 3 is 3.00 bits per heavy atom. The number of hydrogen-bond donors (Lipinski definition) is 1. The van der Waals surface area contributed by atoms with Crippen LogP contribution in [0.3, 0.4) is 0 Å². The minimum absolute atomic E-state index is 0.462. The minimum atomic E-state index is 0.462. The van der Waals surface area contributed by atoms with Gasteiger partial charge < -0.3 is 4.74 Å². The van der Waals surface area contributed by atoms with Gasteiger partial charge in [0, 0.05) is 19.2 Å². The van der Waals surface area contributed by atoms with Gasteiger partial charge in [-0.15, -0.1) is 0 Å². The molecule has 1 atom stereocenters. The zero-order valence-corrected chi connectivity index (χ0v) is 7.25. The molecule has 0 bridgehead atoms. The van der Waals surface area contributed by atoms with Crippen molar-refractivity contribution in [2.75, 3.05) is 19.8 Å². The van der Waals surface area contributed by atoms with Crippen LogP contribution in [0.4, 0.5) is 0 Å². The number of nitrogens with two attached hydrogens (primary N) is 1. The van der Waals surface area contributed by atoms with Gasteiger partial charge in [0.1, 0.15) is 0 Å². The van der Waals surface area contributed by atoms with E-state index in [1.54, 1.807) is 0 Å². The van der Waals surface area contributed by atoms with Crippen LogP contribution in [0.15, 0.2) is 0 Å². The SMILES string of the molecule is CCOCC1CCCCN1N. The van der Waals surface area contributed by atoms with Crippen LogP contribution in [0.1, 0.15) is 26.2 Å². The lowest BCUT2D eigenvalue weighted by Gasteiger charge is -2.31. The third kappa shape index (κ3) is 2.77. The zero-order valence-electron chi connectivity index (χ0n) is 7.25. The first kappa shape index (κ1) is 8.97. The first-order valence-corrected chi connectivity index (χ1v) is 4.43. The summed E-state index contributed by atoms with van der Waals surface area (Å²) < 4.78 is 5.32. The van der Waals surface area contributed by atoms with Crippen molar-refractivity contribution in [3.05, 3.63) is 0 Å². The number of ether oxygens (including phenoxy) is 1. The molecule has 66 valence electrons. The molecule has 3 nitrogen and oxygen atoms in total. The van der Waals surface area contributed by atoms with Gasteiger partial charge in [0.15, 0.2) is 0 Å². The normalized spacial score (nSPS) is 27.3. The average molecular weight is 158 g/mol. The molecule has 1 rings (SSSR count). The molecule has 0 radical (unpaired) electrons. The molecule has 0 spiro atoms. The van der Waals surface area contributed by atoms with Crippen LogP contribution < -0.4 is 5.84 Å². The van der Waals surface area contributed by atoms with Gasteiger partial charge in [0.25, 0.3) is 0 Å². The molecule has 0 aromatic rings. The Morgan fingerprint density at radius 1 is 1.55 bits per heavy atom. The fourth-order valence-electron chi connectivity index (χ4n) is 1.46. The number of hydrogen-bond acceptors (Lipinski definition) is 3. The Morgan fingerprint density at radius 2 is 2.36 bits per heavy atom. The fourth-order valence-corrected chi connectivity index (χ4v) is 1.46. The molecule has 11 heavy (non-hydrogen) atoms. The molecule has 0 aromatic heterocycles. The summed E-state index contributed by atoms with van der Waals surface area (Å²) in [4.78, 5) is 0. The molecule has 0 aliphatic carbocycles. The highest BCUT2D eigenvalue weighted by atomic mass is 16.5. The maximum atomic E-state index is 5.77. The summed E-state index contributed by atoms with van der Waals surface area (Å²) >= 11 is 0. The second kappa shape index (κ2) is 4.70. The van der Waals surface area contributed by atoms with Gasteiger partial charge in [-0.2, -0.15) is 0 Å². The van der Waals surface area contributed by atoms with E-state index in [0.29, 0.717) is 6.04 Å². The van der Waals surface area contributed by atoms with Crippen molar-refractivity contribution in [2.45, 2.75) is 32.2 Å². The van der Waals surface area contributed by atoms with Gasteiger partial charge in [-0.05, 0) is 19.8 Å². The van der Waals surface area contributed by atoms with Gasteiger partial charge >= 0.3 is 0 Å². The summed E-state index contributed by atoms with van der Waals surface area (Å²) in [5, 5.41) is 1.92. The third-order valence-corrected chi connectivity index (χ3v) is 2.19. The molecule has 0 aromatic carbocycles. The van der Waals surface area contributed by atoms with E-state index in [-0.39, 0.29) is 0 Å². The molecule has 1 aliphatic rings. The molecule has 0 saturated carbocycles. The molecule has 1 saturated heterocycles. The summed E-state index contributed by atoms with van der Waals surface area (Å²) in [5.74, 6) is 5.77. The van der Waals surface area contributed by atoms with Gasteiger partial charge in [-0.25, -0.2) is 5.01 Å². The van der Waals surface area contributed by atoms with Gasteiger partial charge in [0.2, 0.25) is 0 Å². The fraction of sp³-hybridized carbons (Fsp3) is 1.00. The Labute approximate surface area is 68.5 Å². The summed E-state index contributed by atoms with van der Waals surface area (Å²) in [5.41, 5.74) is 0. The van der Waals surface area contributed by atoms with Crippen molar-refractivity contribution < 1.29 is 4.74 Å². The summed E-state index contributed by atoms with van der Waals surface area (Å²) in [6.45, 7) is 4.64. The van der Waals surface area contributed by atoms with E-state index in [2.05, 4.69) is 0 Å². The standard InChI is InChI=1S/C8H18N2O/c1-2-11-7-8-5-3-4-6-10(8)9/h8H,2-7,9H2,1H3. The average Bonchev–Trinajstić information content (AvgIpc) is 2.03. The number of hydrazine groups is 1. The Balaban J connectivity index is 2.18. The lowest BCUT2D eigenvalue weighted by molar-refractivity contribution is 0.0455. The van der Waals surface area contributed by atoms with Crippen LogP contribution in [0.25, 0.3) is 0 Å². The predicted octanol–water partition coefficient (Wildman–Crippen LogP) is 0.751. The van der Waals surface area contributed by atoms with Gasteiger partial charge in [-0.3, -0.25) is 5.84 Å². The first-order chi connectivity index (χ1) is 5.34. The Kier molecular flexibility index (Phi) is 3.83. The van der Waals surface area contributed by atoms with E-state index < -0.39 is 0 Å². The van der Waals surface area contributed by atoms with Crippen molar-refractivity contribution in [1.82, 2.24) is 5.01 Å². The molecule has 3 heteroatoms. The molecule has 1 heterocycles. The Hall–Kier alpha value is -0.120. The smallest absolute Gasteiger partial charge is 0.0635 e. The second-order valence-electron chi connectivity index (χ2n) is 3.05. The zero-order chi connectivity index (χ0) is 8.10. The maximum Gasteiger partial charge on any atom is 0.0635 e. The van der Waals surface area contributed by atoms with E-state index in [1.165, 1.54) is 19.3 Å². The molecule has 2 N–H and O–H groups in total. The van der Waals surface area contributed by atoms with Crippen LogP contribution in [0.2, 0.25) is 0 Å². The van der Waals surface area contributed by atoms with E-state index in [9.17, 15) is 0 Å². The molecular weight excluding hydrogens is 140 g/mol.